The SMILES string of the molecule is N#C/C(=C\c1ccccc1OCc1cccnc1)C(=O)Nc1cccc(C(F)(F)F)c1. The molecule has 156 valence electrons. The Morgan fingerprint density at radius 1 is 1.13 bits per heavy atom. The van der Waals surface area contributed by atoms with E-state index >= 15 is 0 Å². The Kier molecular flexibility index (Phi) is 6.67. The van der Waals surface area contributed by atoms with Crippen LogP contribution in [0.15, 0.2) is 78.6 Å². The highest BCUT2D eigenvalue weighted by Crippen LogP contribution is 2.31. The molecule has 1 amide bonds. The number of benzene rings is 2. The number of anilines is 1. The van der Waals surface area contributed by atoms with E-state index in [4.69, 9.17) is 4.74 Å². The predicted molar refractivity (Wildman–Crippen MR) is 109 cm³/mol. The number of aromatic nitrogens is 1. The molecule has 0 aliphatic rings. The molecule has 31 heavy (non-hydrogen) atoms. The molecule has 0 bridgehead atoms. The smallest absolute Gasteiger partial charge is 0.416 e. The molecule has 0 atom stereocenters. The fourth-order valence-electron chi connectivity index (χ4n) is 2.65. The number of rotatable bonds is 6. The van der Waals surface area contributed by atoms with Crippen molar-refractivity contribution < 1.29 is 22.7 Å². The van der Waals surface area contributed by atoms with Crippen molar-refractivity contribution in [3.05, 3.63) is 95.3 Å². The van der Waals surface area contributed by atoms with Crippen LogP contribution < -0.4 is 10.1 Å². The fraction of sp³-hybridized carbons (Fsp3) is 0.0870. The van der Waals surface area contributed by atoms with Crippen molar-refractivity contribution in [3.63, 3.8) is 0 Å². The van der Waals surface area contributed by atoms with Gasteiger partial charge in [-0.1, -0.05) is 30.3 Å². The lowest BCUT2D eigenvalue weighted by Crippen LogP contribution is -2.14. The number of amides is 1. The maximum absolute atomic E-state index is 12.9. The van der Waals surface area contributed by atoms with E-state index in [0.717, 1.165) is 17.7 Å². The van der Waals surface area contributed by atoms with E-state index in [9.17, 15) is 23.2 Å². The van der Waals surface area contributed by atoms with E-state index in [1.165, 1.54) is 18.2 Å². The quantitative estimate of drug-likeness (QED) is 0.435. The topological polar surface area (TPSA) is 75.0 Å². The standard InChI is InChI=1S/C23H16F3N3O2/c24-23(25,26)19-7-3-8-20(12-19)29-22(30)18(13-27)11-17-6-1-2-9-21(17)31-15-16-5-4-10-28-14-16/h1-12,14H,15H2,(H,29,30)/b18-11+. The second kappa shape index (κ2) is 9.59. The van der Waals surface area contributed by atoms with Gasteiger partial charge in [-0.15, -0.1) is 0 Å². The van der Waals surface area contributed by atoms with Crippen LogP contribution in [0.2, 0.25) is 0 Å². The summed E-state index contributed by atoms with van der Waals surface area (Å²) in [6.07, 6.45) is 0.0742. The van der Waals surface area contributed by atoms with Crippen molar-refractivity contribution in [1.82, 2.24) is 4.98 Å². The Hall–Kier alpha value is -4.12. The number of nitriles is 1. The summed E-state index contributed by atoms with van der Waals surface area (Å²) in [6.45, 7) is 0.233. The number of carbonyl (C=O) groups excluding carboxylic acids is 1. The Morgan fingerprint density at radius 2 is 1.94 bits per heavy atom. The number of para-hydroxylation sites is 1. The number of hydrogen-bond donors (Lipinski definition) is 1. The molecule has 0 aliphatic carbocycles. The summed E-state index contributed by atoms with van der Waals surface area (Å²) < 4.78 is 44.4. The molecular weight excluding hydrogens is 407 g/mol. The van der Waals surface area contributed by atoms with Gasteiger partial charge in [0.25, 0.3) is 5.91 Å². The molecule has 1 heterocycles. The van der Waals surface area contributed by atoms with Gasteiger partial charge in [0.05, 0.1) is 5.56 Å². The third-order valence-electron chi connectivity index (χ3n) is 4.15. The first-order valence-electron chi connectivity index (χ1n) is 9.08. The zero-order valence-electron chi connectivity index (χ0n) is 16.1. The third-order valence-corrected chi connectivity index (χ3v) is 4.15. The van der Waals surface area contributed by atoms with Crippen LogP contribution in [0.25, 0.3) is 6.08 Å². The number of carbonyl (C=O) groups is 1. The van der Waals surface area contributed by atoms with Crippen LogP contribution >= 0.6 is 0 Å². The minimum Gasteiger partial charge on any atom is -0.488 e. The van der Waals surface area contributed by atoms with E-state index in [1.54, 1.807) is 48.8 Å². The highest BCUT2D eigenvalue weighted by Gasteiger charge is 2.30. The Bertz CT molecular complexity index is 1140. The second-order valence-corrected chi connectivity index (χ2v) is 6.39. The maximum Gasteiger partial charge on any atom is 0.416 e. The molecule has 2 aromatic carbocycles. The van der Waals surface area contributed by atoms with Crippen LogP contribution in [0, 0.1) is 11.3 Å². The fourth-order valence-corrected chi connectivity index (χ4v) is 2.65. The highest BCUT2D eigenvalue weighted by atomic mass is 19.4. The van der Waals surface area contributed by atoms with Gasteiger partial charge in [-0.05, 0) is 36.4 Å². The number of halogens is 3. The first kappa shape index (κ1) is 21.6. The molecule has 5 nitrogen and oxygen atoms in total. The zero-order valence-corrected chi connectivity index (χ0v) is 16.1. The lowest BCUT2D eigenvalue weighted by atomic mass is 10.1. The number of ether oxygens (including phenoxy) is 1. The second-order valence-electron chi connectivity index (χ2n) is 6.39. The first-order chi connectivity index (χ1) is 14.9. The zero-order chi connectivity index (χ0) is 22.3. The number of pyridine rings is 1. The minimum absolute atomic E-state index is 0.0675. The van der Waals surface area contributed by atoms with Crippen LogP contribution in [0.4, 0.5) is 18.9 Å². The van der Waals surface area contributed by atoms with Gasteiger partial charge in [-0.25, -0.2) is 0 Å². The van der Waals surface area contributed by atoms with Crippen LogP contribution in [0.5, 0.6) is 5.75 Å². The van der Waals surface area contributed by atoms with Gasteiger partial charge in [0.15, 0.2) is 0 Å². The molecule has 0 saturated carbocycles. The van der Waals surface area contributed by atoms with Crippen molar-refractivity contribution in [3.8, 4) is 11.8 Å². The molecule has 3 rings (SSSR count). The normalized spacial score (nSPS) is 11.5. The summed E-state index contributed by atoms with van der Waals surface area (Å²) in [5.41, 5.74) is 0.0603. The van der Waals surface area contributed by atoms with E-state index in [2.05, 4.69) is 10.3 Å². The molecule has 0 fully saturated rings. The number of hydrogen-bond acceptors (Lipinski definition) is 4. The Morgan fingerprint density at radius 3 is 2.65 bits per heavy atom. The largest absolute Gasteiger partial charge is 0.488 e. The molecule has 3 aromatic rings. The Balaban J connectivity index is 1.79. The van der Waals surface area contributed by atoms with Gasteiger partial charge >= 0.3 is 6.18 Å². The van der Waals surface area contributed by atoms with Gasteiger partial charge < -0.3 is 10.1 Å². The molecule has 0 unspecified atom stereocenters. The molecule has 0 saturated heterocycles. The van der Waals surface area contributed by atoms with Gasteiger partial charge in [0.1, 0.15) is 24.0 Å². The van der Waals surface area contributed by atoms with Crippen LogP contribution in [-0.4, -0.2) is 10.9 Å². The van der Waals surface area contributed by atoms with Crippen molar-refractivity contribution in [2.24, 2.45) is 0 Å². The van der Waals surface area contributed by atoms with Crippen molar-refractivity contribution in [1.29, 1.82) is 5.26 Å². The van der Waals surface area contributed by atoms with E-state index in [1.807, 2.05) is 6.07 Å². The van der Waals surface area contributed by atoms with E-state index in [0.29, 0.717) is 11.3 Å². The Labute approximate surface area is 176 Å². The van der Waals surface area contributed by atoms with Crippen molar-refractivity contribution in [2.45, 2.75) is 12.8 Å². The molecule has 8 heteroatoms. The molecule has 1 aromatic heterocycles. The third kappa shape index (κ3) is 5.93. The van der Waals surface area contributed by atoms with E-state index < -0.39 is 17.6 Å². The molecule has 1 N–H and O–H groups in total. The predicted octanol–water partition coefficient (Wildman–Crippen LogP) is 5.23. The highest BCUT2D eigenvalue weighted by molar-refractivity contribution is 6.09. The summed E-state index contributed by atoms with van der Waals surface area (Å²) in [6, 6.07) is 16.4. The van der Waals surface area contributed by atoms with Crippen LogP contribution in [-0.2, 0) is 17.6 Å². The molecule has 0 spiro atoms. The average molecular weight is 423 g/mol. The molecule has 0 radical (unpaired) electrons. The first-order valence-corrected chi connectivity index (χ1v) is 9.08. The lowest BCUT2D eigenvalue weighted by Gasteiger charge is -2.11. The van der Waals surface area contributed by atoms with Gasteiger partial charge in [0, 0.05) is 29.2 Å². The summed E-state index contributed by atoms with van der Waals surface area (Å²) >= 11 is 0. The summed E-state index contributed by atoms with van der Waals surface area (Å²) in [5.74, 6) is -0.394. The summed E-state index contributed by atoms with van der Waals surface area (Å²) in [4.78, 5) is 16.5. The van der Waals surface area contributed by atoms with E-state index in [-0.39, 0.29) is 17.9 Å². The van der Waals surface area contributed by atoms with Gasteiger partial charge in [0.2, 0.25) is 0 Å². The number of alkyl halides is 3. The summed E-state index contributed by atoms with van der Waals surface area (Å²) in [7, 11) is 0. The van der Waals surface area contributed by atoms with Gasteiger partial charge in [-0.3, -0.25) is 9.78 Å². The van der Waals surface area contributed by atoms with Crippen LogP contribution in [0.1, 0.15) is 16.7 Å². The maximum atomic E-state index is 12.9. The molecule has 0 aliphatic heterocycles. The van der Waals surface area contributed by atoms with Crippen LogP contribution in [0.3, 0.4) is 0 Å². The molecular formula is C23H16F3N3O2. The van der Waals surface area contributed by atoms with Gasteiger partial charge in [-0.2, -0.15) is 18.4 Å². The lowest BCUT2D eigenvalue weighted by molar-refractivity contribution is -0.137. The average Bonchev–Trinajstić information content (AvgIpc) is 2.77. The van der Waals surface area contributed by atoms with Crippen molar-refractivity contribution >= 4 is 17.7 Å². The number of nitrogens with one attached hydrogen (secondary N) is 1. The minimum atomic E-state index is -4.54. The number of nitrogens with zero attached hydrogens (tertiary/aromatic N) is 2. The monoisotopic (exact) mass is 423 g/mol. The summed E-state index contributed by atoms with van der Waals surface area (Å²) in [5, 5.41) is 11.7. The van der Waals surface area contributed by atoms with Crippen molar-refractivity contribution in [2.75, 3.05) is 5.32 Å².